The second-order valence-corrected chi connectivity index (χ2v) is 7.01. The molecule has 0 bridgehead atoms. The second kappa shape index (κ2) is 9.05. The van der Waals surface area contributed by atoms with Gasteiger partial charge in [-0.05, 0) is 36.9 Å². The lowest BCUT2D eigenvalue weighted by molar-refractivity contribution is 0.310. The molecule has 0 aliphatic rings. The van der Waals surface area contributed by atoms with E-state index >= 15 is 0 Å². The summed E-state index contributed by atoms with van der Waals surface area (Å²) in [4.78, 5) is 14.9. The van der Waals surface area contributed by atoms with Crippen molar-refractivity contribution < 1.29 is 4.74 Å². The predicted octanol–water partition coefficient (Wildman–Crippen LogP) is 4.14. The zero-order chi connectivity index (χ0) is 20.1. The van der Waals surface area contributed by atoms with Crippen molar-refractivity contribution in [3.63, 3.8) is 0 Å². The monoisotopic (exact) mass is 418 g/mol. The maximum absolute atomic E-state index is 6.25. The number of nitrogens with one attached hydrogen (secondary N) is 1. The zero-order valence-corrected chi connectivity index (χ0v) is 17.0. The van der Waals surface area contributed by atoms with E-state index in [9.17, 15) is 0 Å². The van der Waals surface area contributed by atoms with E-state index in [1.807, 2.05) is 48.3 Å². The number of aromatic nitrogens is 3. The summed E-state index contributed by atoms with van der Waals surface area (Å²) in [6, 6.07) is 12.9. The Morgan fingerprint density at radius 2 is 1.86 bits per heavy atom. The van der Waals surface area contributed by atoms with Gasteiger partial charge < -0.3 is 15.8 Å². The molecule has 1 heterocycles. The number of ether oxygens (including phenoxy) is 1. The van der Waals surface area contributed by atoms with Crippen LogP contribution in [-0.2, 0) is 13.1 Å². The van der Waals surface area contributed by atoms with Crippen LogP contribution < -0.4 is 15.8 Å². The Kier molecular flexibility index (Phi) is 6.51. The predicted molar refractivity (Wildman–Crippen MR) is 112 cm³/mol. The van der Waals surface area contributed by atoms with Crippen LogP contribution in [0.5, 0.6) is 5.75 Å². The number of nitrogens with two attached hydrogens (primary N) is 1. The molecule has 3 N–H and O–H groups in total. The Morgan fingerprint density at radius 3 is 2.61 bits per heavy atom. The quantitative estimate of drug-likeness (QED) is 0.595. The largest absolute Gasteiger partial charge is 0.495 e. The Morgan fingerprint density at radius 1 is 1.07 bits per heavy atom. The minimum atomic E-state index is 0.139. The van der Waals surface area contributed by atoms with Gasteiger partial charge in [-0.2, -0.15) is 15.0 Å². The molecule has 0 atom stereocenters. The van der Waals surface area contributed by atoms with Gasteiger partial charge in [-0.1, -0.05) is 41.4 Å². The van der Waals surface area contributed by atoms with E-state index in [4.69, 9.17) is 33.7 Å². The van der Waals surface area contributed by atoms with Crippen LogP contribution >= 0.6 is 23.2 Å². The molecule has 0 amide bonds. The van der Waals surface area contributed by atoms with Crippen molar-refractivity contribution in [1.82, 2.24) is 19.9 Å². The molecule has 28 heavy (non-hydrogen) atoms. The van der Waals surface area contributed by atoms with E-state index in [1.165, 1.54) is 0 Å². The number of hydrogen-bond acceptors (Lipinski definition) is 7. The molecule has 0 spiro atoms. The van der Waals surface area contributed by atoms with Crippen LogP contribution in [0, 0.1) is 0 Å². The van der Waals surface area contributed by atoms with Crippen molar-refractivity contribution in [2.24, 2.45) is 0 Å². The highest BCUT2D eigenvalue weighted by Gasteiger charge is 2.11. The van der Waals surface area contributed by atoms with Crippen LogP contribution in [0.25, 0.3) is 0 Å². The molecule has 1 aromatic heterocycles. The third-order valence-corrected chi connectivity index (χ3v) is 4.51. The maximum Gasteiger partial charge on any atom is 0.232 e. The van der Waals surface area contributed by atoms with Gasteiger partial charge in [-0.25, -0.2) is 0 Å². The first-order valence-electron chi connectivity index (χ1n) is 8.47. The van der Waals surface area contributed by atoms with Gasteiger partial charge in [-0.15, -0.1) is 0 Å². The molecule has 3 aromatic rings. The molecule has 0 aliphatic heterocycles. The summed E-state index contributed by atoms with van der Waals surface area (Å²) in [7, 11) is 3.54. The molecule has 0 saturated carbocycles. The highest BCUT2D eigenvalue weighted by atomic mass is 35.5. The van der Waals surface area contributed by atoms with Crippen LogP contribution in [0.4, 0.5) is 17.6 Å². The SMILES string of the molecule is COc1ccccc1Nc1nc(N)nc(CN(C)Cc2ccc(Cl)cc2Cl)n1. The molecule has 9 heteroatoms. The number of methoxy groups -OCH3 is 1. The van der Waals surface area contributed by atoms with Gasteiger partial charge in [0.2, 0.25) is 11.9 Å². The fraction of sp³-hybridized carbons (Fsp3) is 0.211. The number of anilines is 3. The van der Waals surface area contributed by atoms with Gasteiger partial charge in [-0.3, -0.25) is 4.90 Å². The highest BCUT2D eigenvalue weighted by molar-refractivity contribution is 6.35. The fourth-order valence-electron chi connectivity index (χ4n) is 2.67. The Balaban J connectivity index is 1.74. The topological polar surface area (TPSA) is 89.2 Å². The van der Waals surface area contributed by atoms with Crippen molar-refractivity contribution in [2.45, 2.75) is 13.1 Å². The molecule has 7 nitrogen and oxygen atoms in total. The van der Waals surface area contributed by atoms with E-state index < -0.39 is 0 Å². The molecule has 0 aliphatic carbocycles. The third kappa shape index (κ3) is 5.22. The first-order valence-corrected chi connectivity index (χ1v) is 9.23. The normalized spacial score (nSPS) is 10.9. The molecule has 2 aromatic carbocycles. The van der Waals surface area contributed by atoms with Gasteiger partial charge in [0, 0.05) is 16.6 Å². The maximum atomic E-state index is 6.25. The number of benzene rings is 2. The summed E-state index contributed by atoms with van der Waals surface area (Å²) in [6.07, 6.45) is 0. The number of nitrogens with zero attached hydrogens (tertiary/aromatic N) is 4. The lowest BCUT2D eigenvalue weighted by Crippen LogP contribution is -2.20. The molecule has 0 radical (unpaired) electrons. The van der Waals surface area contributed by atoms with Gasteiger partial charge in [0.25, 0.3) is 0 Å². The van der Waals surface area contributed by atoms with Crippen LogP contribution in [0.3, 0.4) is 0 Å². The summed E-state index contributed by atoms with van der Waals surface area (Å²) in [5, 5.41) is 4.35. The molecule has 146 valence electrons. The zero-order valence-electron chi connectivity index (χ0n) is 15.5. The average Bonchev–Trinajstić information content (AvgIpc) is 2.64. The van der Waals surface area contributed by atoms with Crippen LogP contribution in [0.2, 0.25) is 10.0 Å². The number of halogens is 2. The van der Waals surface area contributed by atoms with Crippen molar-refractivity contribution in [1.29, 1.82) is 0 Å². The minimum Gasteiger partial charge on any atom is -0.495 e. The first kappa shape index (κ1) is 20.1. The highest BCUT2D eigenvalue weighted by Crippen LogP contribution is 2.26. The van der Waals surface area contributed by atoms with Gasteiger partial charge in [0.1, 0.15) is 11.6 Å². The number of hydrogen-bond donors (Lipinski definition) is 2. The van der Waals surface area contributed by atoms with Crippen LogP contribution in [0.15, 0.2) is 42.5 Å². The van der Waals surface area contributed by atoms with Crippen LogP contribution in [-0.4, -0.2) is 34.0 Å². The molecule has 0 fully saturated rings. The lowest BCUT2D eigenvalue weighted by Gasteiger charge is -2.17. The summed E-state index contributed by atoms with van der Waals surface area (Å²) >= 11 is 12.2. The Hall–Kier alpha value is -2.61. The summed E-state index contributed by atoms with van der Waals surface area (Å²) in [6.45, 7) is 1.07. The molecule has 3 rings (SSSR count). The van der Waals surface area contributed by atoms with Crippen LogP contribution in [0.1, 0.15) is 11.4 Å². The number of nitrogen functional groups attached to an aromatic ring is 1. The van der Waals surface area contributed by atoms with Crippen molar-refractivity contribution in [2.75, 3.05) is 25.2 Å². The third-order valence-electron chi connectivity index (χ3n) is 3.92. The Labute approximate surface area is 173 Å². The molecular weight excluding hydrogens is 399 g/mol. The first-order chi connectivity index (χ1) is 13.4. The van der Waals surface area contributed by atoms with E-state index in [1.54, 1.807) is 13.2 Å². The van der Waals surface area contributed by atoms with E-state index in [-0.39, 0.29) is 5.95 Å². The van der Waals surface area contributed by atoms with Gasteiger partial charge in [0.05, 0.1) is 19.3 Å². The molecular formula is C19H20Cl2N6O. The number of rotatable bonds is 7. The molecule has 0 saturated heterocycles. The molecule has 0 unspecified atom stereocenters. The van der Waals surface area contributed by atoms with Crippen molar-refractivity contribution in [3.8, 4) is 5.75 Å². The van der Waals surface area contributed by atoms with Gasteiger partial charge in [0.15, 0.2) is 0 Å². The summed E-state index contributed by atoms with van der Waals surface area (Å²) in [5.74, 6) is 1.71. The van der Waals surface area contributed by atoms with E-state index in [0.29, 0.717) is 40.7 Å². The number of para-hydroxylation sites is 2. The Bertz CT molecular complexity index is 969. The van der Waals surface area contributed by atoms with E-state index in [2.05, 4.69) is 20.3 Å². The smallest absolute Gasteiger partial charge is 0.232 e. The van der Waals surface area contributed by atoms with Crippen molar-refractivity contribution >= 4 is 40.8 Å². The average molecular weight is 419 g/mol. The van der Waals surface area contributed by atoms with Gasteiger partial charge >= 0.3 is 0 Å². The summed E-state index contributed by atoms with van der Waals surface area (Å²) < 4.78 is 5.33. The second-order valence-electron chi connectivity index (χ2n) is 6.17. The summed E-state index contributed by atoms with van der Waals surface area (Å²) in [5.41, 5.74) is 7.56. The van der Waals surface area contributed by atoms with E-state index in [0.717, 1.165) is 11.3 Å². The standard InChI is InChI=1S/C19H20Cl2N6O/c1-27(10-12-7-8-13(20)9-14(12)21)11-17-24-18(22)26-19(25-17)23-15-5-3-4-6-16(15)28-2/h3-9H,10-11H2,1-2H3,(H3,22,23,24,25,26). The minimum absolute atomic E-state index is 0.139. The fourth-order valence-corrected chi connectivity index (χ4v) is 3.14. The van der Waals surface area contributed by atoms with Crippen molar-refractivity contribution in [3.05, 3.63) is 63.9 Å². The lowest BCUT2D eigenvalue weighted by atomic mass is 10.2.